The summed E-state index contributed by atoms with van der Waals surface area (Å²) < 4.78 is 24.2. The van der Waals surface area contributed by atoms with E-state index in [1.165, 1.54) is 5.56 Å². The molecular formula is C15H25N3O3S. The Labute approximate surface area is 132 Å². The first-order valence-electron chi connectivity index (χ1n) is 7.13. The van der Waals surface area contributed by atoms with E-state index in [1.807, 2.05) is 44.1 Å². The van der Waals surface area contributed by atoms with Gasteiger partial charge in [-0.2, -0.15) is 0 Å². The summed E-state index contributed by atoms with van der Waals surface area (Å²) in [5.41, 5.74) is 2.31. The van der Waals surface area contributed by atoms with Gasteiger partial charge in [-0.25, -0.2) is 13.1 Å². The van der Waals surface area contributed by atoms with Crippen molar-refractivity contribution in [2.45, 2.75) is 19.4 Å². The van der Waals surface area contributed by atoms with E-state index in [2.05, 4.69) is 16.1 Å². The first-order chi connectivity index (χ1) is 10.2. The zero-order valence-electron chi connectivity index (χ0n) is 13.6. The number of aryl methyl sites for hydroxylation is 1. The fourth-order valence-corrected chi connectivity index (χ4v) is 2.60. The second-order valence-corrected chi connectivity index (χ2v) is 7.45. The Morgan fingerprint density at radius 3 is 2.55 bits per heavy atom. The van der Waals surface area contributed by atoms with Gasteiger partial charge in [0.2, 0.25) is 15.9 Å². The minimum absolute atomic E-state index is 0.0757. The van der Waals surface area contributed by atoms with Crippen molar-refractivity contribution in [3.63, 3.8) is 0 Å². The van der Waals surface area contributed by atoms with Crippen molar-refractivity contribution in [2.24, 2.45) is 0 Å². The maximum absolute atomic E-state index is 11.8. The molecule has 0 heterocycles. The maximum Gasteiger partial charge on any atom is 0.221 e. The third-order valence-electron chi connectivity index (χ3n) is 3.26. The van der Waals surface area contributed by atoms with E-state index in [-0.39, 0.29) is 24.9 Å². The normalized spacial score (nSPS) is 13.1. The molecule has 0 spiro atoms. The molecule has 1 atom stereocenters. The standard InChI is InChI=1S/C15H25N3O3S/c1-12-6-5-7-13(10-12)14(18(2)3)11-16-15(19)8-9-17-22(4,20)21/h5-7,10,14,17H,8-9,11H2,1-4H3,(H,16,19)/t14-/m1/s1. The van der Waals surface area contributed by atoms with Crippen LogP contribution in [0.2, 0.25) is 0 Å². The van der Waals surface area contributed by atoms with Crippen molar-refractivity contribution in [3.05, 3.63) is 35.4 Å². The van der Waals surface area contributed by atoms with Crippen LogP contribution in [-0.4, -0.2) is 52.7 Å². The molecule has 0 aliphatic heterocycles. The number of nitrogens with zero attached hydrogens (tertiary/aromatic N) is 1. The Kier molecular flexibility index (Phi) is 6.99. The highest BCUT2D eigenvalue weighted by Gasteiger charge is 2.15. The Morgan fingerprint density at radius 1 is 1.32 bits per heavy atom. The quantitative estimate of drug-likeness (QED) is 0.735. The summed E-state index contributed by atoms with van der Waals surface area (Å²) in [6, 6.07) is 8.24. The van der Waals surface area contributed by atoms with Gasteiger partial charge in [0.25, 0.3) is 0 Å². The van der Waals surface area contributed by atoms with Crippen molar-refractivity contribution >= 4 is 15.9 Å². The molecule has 0 radical (unpaired) electrons. The lowest BCUT2D eigenvalue weighted by Gasteiger charge is -2.25. The van der Waals surface area contributed by atoms with Gasteiger partial charge in [-0.15, -0.1) is 0 Å². The summed E-state index contributed by atoms with van der Waals surface area (Å²) in [6.07, 6.45) is 1.20. The summed E-state index contributed by atoms with van der Waals surface area (Å²) in [6.45, 7) is 2.63. The summed E-state index contributed by atoms with van der Waals surface area (Å²) in [7, 11) is 0.675. The Morgan fingerprint density at radius 2 is 2.00 bits per heavy atom. The highest BCUT2D eigenvalue weighted by atomic mass is 32.2. The lowest BCUT2D eigenvalue weighted by molar-refractivity contribution is -0.121. The van der Waals surface area contributed by atoms with Gasteiger partial charge >= 0.3 is 0 Å². The molecule has 0 saturated carbocycles. The van der Waals surface area contributed by atoms with Crippen molar-refractivity contribution in [2.75, 3.05) is 33.4 Å². The summed E-state index contributed by atoms with van der Waals surface area (Å²) in [5, 5.41) is 2.85. The number of rotatable bonds is 8. The number of hydrogen-bond acceptors (Lipinski definition) is 4. The zero-order valence-corrected chi connectivity index (χ0v) is 14.4. The highest BCUT2D eigenvalue weighted by molar-refractivity contribution is 7.88. The monoisotopic (exact) mass is 327 g/mol. The third kappa shape index (κ3) is 7.02. The van der Waals surface area contributed by atoms with Crippen LogP contribution in [0.4, 0.5) is 0 Å². The van der Waals surface area contributed by atoms with E-state index in [4.69, 9.17) is 0 Å². The largest absolute Gasteiger partial charge is 0.354 e. The van der Waals surface area contributed by atoms with Crippen molar-refractivity contribution < 1.29 is 13.2 Å². The Hall–Kier alpha value is -1.44. The zero-order chi connectivity index (χ0) is 16.8. The smallest absolute Gasteiger partial charge is 0.221 e. The van der Waals surface area contributed by atoms with Crippen molar-refractivity contribution in [1.82, 2.24) is 14.9 Å². The average molecular weight is 327 g/mol. The second kappa shape index (κ2) is 8.26. The maximum atomic E-state index is 11.8. The molecule has 1 aromatic rings. The highest BCUT2D eigenvalue weighted by Crippen LogP contribution is 2.18. The molecule has 1 amide bonds. The van der Waals surface area contributed by atoms with Crippen LogP contribution >= 0.6 is 0 Å². The fourth-order valence-electron chi connectivity index (χ4n) is 2.12. The van der Waals surface area contributed by atoms with Crippen LogP contribution in [0.5, 0.6) is 0 Å². The number of benzene rings is 1. The summed E-state index contributed by atoms with van der Waals surface area (Å²) in [4.78, 5) is 13.8. The molecule has 22 heavy (non-hydrogen) atoms. The van der Waals surface area contributed by atoms with E-state index in [1.54, 1.807) is 0 Å². The predicted octanol–water partition coefficient (Wildman–Crippen LogP) is 0.653. The molecule has 1 aromatic carbocycles. The summed E-state index contributed by atoms with van der Waals surface area (Å²) >= 11 is 0. The minimum Gasteiger partial charge on any atom is -0.354 e. The Bertz CT molecular complexity index is 600. The number of amides is 1. The van der Waals surface area contributed by atoms with Crippen molar-refractivity contribution in [3.8, 4) is 0 Å². The lowest BCUT2D eigenvalue weighted by atomic mass is 10.0. The lowest BCUT2D eigenvalue weighted by Crippen LogP contribution is -2.36. The first-order valence-corrected chi connectivity index (χ1v) is 9.02. The van der Waals surface area contributed by atoms with Gasteiger partial charge in [-0.3, -0.25) is 4.79 Å². The molecule has 0 unspecified atom stereocenters. The van der Waals surface area contributed by atoms with E-state index in [0.29, 0.717) is 6.54 Å². The third-order valence-corrected chi connectivity index (χ3v) is 3.99. The average Bonchev–Trinajstić information content (AvgIpc) is 2.37. The van der Waals surface area contributed by atoms with Gasteiger partial charge in [0, 0.05) is 19.5 Å². The molecule has 0 aromatic heterocycles. The van der Waals surface area contributed by atoms with Crippen LogP contribution in [0.1, 0.15) is 23.6 Å². The van der Waals surface area contributed by atoms with Crippen LogP contribution in [0.25, 0.3) is 0 Å². The number of likely N-dealkylation sites (N-methyl/N-ethyl adjacent to an activating group) is 1. The molecule has 0 fully saturated rings. The molecule has 0 aliphatic carbocycles. The molecule has 0 saturated heterocycles. The van der Waals surface area contributed by atoms with Crippen LogP contribution in [0, 0.1) is 6.92 Å². The minimum atomic E-state index is -3.25. The first kappa shape index (κ1) is 18.6. The predicted molar refractivity (Wildman–Crippen MR) is 88.1 cm³/mol. The molecule has 7 heteroatoms. The summed E-state index contributed by atoms with van der Waals surface area (Å²) in [5.74, 6) is -0.171. The van der Waals surface area contributed by atoms with Crippen LogP contribution < -0.4 is 10.0 Å². The number of hydrogen-bond donors (Lipinski definition) is 2. The SMILES string of the molecule is Cc1cccc([C@@H](CNC(=O)CCNS(C)(=O)=O)N(C)C)c1. The van der Waals surface area contributed by atoms with Gasteiger partial charge in [0.15, 0.2) is 0 Å². The number of carbonyl (C=O) groups excluding carboxylic acids is 1. The van der Waals surface area contributed by atoms with Gasteiger partial charge in [0.05, 0.1) is 12.3 Å². The van der Waals surface area contributed by atoms with Gasteiger partial charge in [-0.05, 0) is 26.6 Å². The molecule has 124 valence electrons. The van der Waals surface area contributed by atoms with Crippen LogP contribution in [0.15, 0.2) is 24.3 Å². The number of nitrogens with one attached hydrogen (secondary N) is 2. The number of carbonyl (C=O) groups is 1. The van der Waals surface area contributed by atoms with E-state index < -0.39 is 10.0 Å². The molecular weight excluding hydrogens is 302 g/mol. The van der Waals surface area contributed by atoms with Gasteiger partial charge in [-0.1, -0.05) is 29.8 Å². The van der Waals surface area contributed by atoms with E-state index in [0.717, 1.165) is 11.8 Å². The fraction of sp³-hybridized carbons (Fsp3) is 0.533. The van der Waals surface area contributed by atoms with Crippen molar-refractivity contribution in [1.29, 1.82) is 0 Å². The van der Waals surface area contributed by atoms with Crippen LogP contribution in [0.3, 0.4) is 0 Å². The number of sulfonamides is 1. The van der Waals surface area contributed by atoms with E-state index >= 15 is 0 Å². The Balaban J connectivity index is 2.53. The molecule has 1 rings (SSSR count). The van der Waals surface area contributed by atoms with E-state index in [9.17, 15) is 13.2 Å². The molecule has 2 N–H and O–H groups in total. The van der Waals surface area contributed by atoms with Gasteiger partial charge < -0.3 is 10.2 Å². The van der Waals surface area contributed by atoms with Gasteiger partial charge in [0.1, 0.15) is 0 Å². The molecule has 0 bridgehead atoms. The molecule has 0 aliphatic rings. The van der Waals surface area contributed by atoms with Crippen LogP contribution in [-0.2, 0) is 14.8 Å². The molecule has 6 nitrogen and oxygen atoms in total. The topological polar surface area (TPSA) is 78.5 Å². The second-order valence-electron chi connectivity index (χ2n) is 5.61.